The van der Waals surface area contributed by atoms with Crippen LogP contribution in [0.5, 0.6) is 5.75 Å². The van der Waals surface area contributed by atoms with Gasteiger partial charge in [-0.3, -0.25) is 0 Å². The van der Waals surface area contributed by atoms with Crippen LogP contribution in [0.3, 0.4) is 0 Å². The largest absolute Gasteiger partial charge is 0.489 e. The van der Waals surface area contributed by atoms with Gasteiger partial charge in [0.1, 0.15) is 18.2 Å². The van der Waals surface area contributed by atoms with Gasteiger partial charge in [-0.25, -0.2) is 4.39 Å². The highest BCUT2D eigenvalue weighted by Crippen LogP contribution is 2.21. The Morgan fingerprint density at radius 1 is 1.15 bits per heavy atom. The number of halogens is 2. The molecule has 2 aromatic carbocycles. The molecule has 4 heteroatoms. The van der Waals surface area contributed by atoms with Crippen molar-refractivity contribution >= 4 is 11.6 Å². The average Bonchev–Trinajstić information content (AvgIpc) is 2.45. The van der Waals surface area contributed by atoms with Gasteiger partial charge < -0.3 is 10.5 Å². The fourth-order valence-electron chi connectivity index (χ4n) is 1.90. The van der Waals surface area contributed by atoms with Crippen LogP contribution in [-0.2, 0) is 13.0 Å². The Balaban J connectivity index is 1.99. The summed E-state index contributed by atoms with van der Waals surface area (Å²) < 4.78 is 18.6. The van der Waals surface area contributed by atoms with Crippen LogP contribution in [0.15, 0.2) is 42.5 Å². The van der Waals surface area contributed by atoms with Gasteiger partial charge >= 0.3 is 0 Å². The Labute approximate surface area is 123 Å². The lowest BCUT2D eigenvalue weighted by Gasteiger charge is -2.09. The van der Waals surface area contributed by atoms with Crippen LogP contribution in [-0.4, -0.2) is 6.54 Å². The van der Waals surface area contributed by atoms with Crippen LogP contribution in [0.4, 0.5) is 4.39 Å². The molecule has 0 bridgehead atoms. The fraction of sp³-hybridized carbons (Fsp3) is 0.250. The molecular formula is C16H17ClFNO. The van der Waals surface area contributed by atoms with Crippen molar-refractivity contribution in [1.29, 1.82) is 0 Å². The molecule has 2 N–H and O–H groups in total. The molecule has 0 fully saturated rings. The minimum Gasteiger partial charge on any atom is -0.489 e. The number of rotatable bonds is 6. The summed E-state index contributed by atoms with van der Waals surface area (Å²) >= 11 is 5.96. The Bertz CT molecular complexity index is 574. The van der Waals surface area contributed by atoms with E-state index >= 15 is 0 Å². The van der Waals surface area contributed by atoms with E-state index in [-0.39, 0.29) is 5.82 Å². The molecule has 106 valence electrons. The van der Waals surface area contributed by atoms with Crippen molar-refractivity contribution in [3.8, 4) is 5.75 Å². The Morgan fingerprint density at radius 2 is 2.00 bits per heavy atom. The van der Waals surface area contributed by atoms with Crippen LogP contribution < -0.4 is 10.5 Å². The maximum atomic E-state index is 12.9. The molecule has 20 heavy (non-hydrogen) atoms. The van der Waals surface area contributed by atoms with Gasteiger partial charge in [-0.15, -0.1) is 0 Å². The van der Waals surface area contributed by atoms with Crippen LogP contribution in [0.2, 0.25) is 5.02 Å². The van der Waals surface area contributed by atoms with E-state index in [1.54, 1.807) is 6.07 Å². The minimum atomic E-state index is -0.345. The third kappa shape index (κ3) is 4.22. The lowest BCUT2D eigenvalue weighted by Crippen LogP contribution is -2.01. The normalized spacial score (nSPS) is 10.6. The fourth-order valence-corrected chi connectivity index (χ4v) is 2.12. The van der Waals surface area contributed by atoms with Crippen molar-refractivity contribution in [2.24, 2.45) is 5.73 Å². The zero-order valence-corrected chi connectivity index (χ0v) is 11.9. The Kier molecular flexibility index (Phi) is 5.39. The van der Waals surface area contributed by atoms with Crippen molar-refractivity contribution in [3.05, 3.63) is 64.4 Å². The predicted molar refractivity (Wildman–Crippen MR) is 79.6 cm³/mol. The van der Waals surface area contributed by atoms with E-state index in [4.69, 9.17) is 22.1 Å². The molecule has 0 unspecified atom stereocenters. The number of ether oxygens (including phenoxy) is 1. The molecule has 0 atom stereocenters. The molecule has 0 aliphatic rings. The zero-order chi connectivity index (χ0) is 14.4. The molecule has 0 amide bonds. The van der Waals surface area contributed by atoms with Gasteiger partial charge in [0.2, 0.25) is 0 Å². The van der Waals surface area contributed by atoms with E-state index in [2.05, 4.69) is 0 Å². The second kappa shape index (κ2) is 7.27. The first-order chi connectivity index (χ1) is 9.69. The van der Waals surface area contributed by atoms with Crippen molar-refractivity contribution in [1.82, 2.24) is 0 Å². The average molecular weight is 294 g/mol. The topological polar surface area (TPSA) is 35.2 Å². The van der Waals surface area contributed by atoms with Crippen molar-refractivity contribution in [3.63, 3.8) is 0 Å². The van der Waals surface area contributed by atoms with Crippen LogP contribution in [0.25, 0.3) is 0 Å². The third-order valence-electron chi connectivity index (χ3n) is 2.98. The molecule has 0 heterocycles. The molecule has 0 saturated carbocycles. The number of hydrogen-bond donors (Lipinski definition) is 1. The molecule has 0 saturated heterocycles. The van der Waals surface area contributed by atoms with Gasteiger partial charge in [-0.2, -0.15) is 0 Å². The molecule has 0 spiro atoms. The van der Waals surface area contributed by atoms with Crippen molar-refractivity contribution in [2.75, 3.05) is 6.54 Å². The predicted octanol–water partition coefficient (Wildman–Crippen LogP) is 3.95. The lowest BCUT2D eigenvalue weighted by molar-refractivity contribution is 0.306. The number of nitrogens with two attached hydrogens (primary N) is 1. The van der Waals surface area contributed by atoms with E-state index in [0.717, 1.165) is 24.2 Å². The summed E-state index contributed by atoms with van der Waals surface area (Å²) in [7, 11) is 0. The van der Waals surface area contributed by atoms with E-state index in [1.165, 1.54) is 17.7 Å². The summed E-state index contributed by atoms with van der Waals surface area (Å²) in [6.45, 7) is 0.996. The van der Waals surface area contributed by atoms with Crippen LogP contribution >= 0.6 is 11.6 Å². The van der Waals surface area contributed by atoms with Crippen LogP contribution in [0.1, 0.15) is 17.5 Å². The van der Waals surface area contributed by atoms with Crippen molar-refractivity contribution < 1.29 is 9.13 Å². The third-order valence-corrected chi connectivity index (χ3v) is 3.33. The van der Waals surface area contributed by atoms with Gasteiger partial charge in [-0.1, -0.05) is 29.8 Å². The van der Waals surface area contributed by atoms with E-state index in [1.807, 2.05) is 24.3 Å². The zero-order valence-electron chi connectivity index (χ0n) is 11.1. The van der Waals surface area contributed by atoms with E-state index in [9.17, 15) is 4.39 Å². The first-order valence-corrected chi connectivity index (χ1v) is 6.92. The summed E-state index contributed by atoms with van der Waals surface area (Å²) in [6, 6.07) is 12.2. The quantitative estimate of drug-likeness (QED) is 0.875. The highest BCUT2D eigenvalue weighted by Gasteiger charge is 2.03. The Morgan fingerprint density at radius 3 is 2.75 bits per heavy atom. The van der Waals surface area contributed by atoms with Gasteiger partial charge in [0.25, 0.3) is 0 Å². The van der Waals surface area contributed by atoms with E-state index in [0.29, 0.717) is 18.2 Å². The monoisotopic (exact) mass is 293 g/mol. The molecular weight excluding hydrogens is 277 g/mol. The smallest absolute Gasteiger partial charge is 0.124 e. The maximum Gasteiger partial charge on any atom is 0.124 e. The number of hydrogen-bond acceptors (Lipinski definition) is 2. The Hall–Kier alpha value is -1.58. The SMILES string of the molecule is NCCCc1cccc(OCc2ccc(F)cc2Cl)c1. The number of benzene rings is 2. The molecule has 2 aromatic rings. The minimum absolute atomic E-state index is 0.319. The molecule has 0 radical (unpaired) electrons. The van der Waals surface area contributed by atoms with Gasteiger partial charge in [0, 0.05) is 5.56 Å². The second-order valence-electron chi connectivity index (χ2n) is 4.56. The standard InChI is InChI=1S/C16H17ClFNO/c17-16-10-14(18)7-6-13(16)11-20-15-5-1-3-12(9-15)4-2-8-19/h1,3,5-7,9-10H,2,4,8,11,19H2. The van der Waals surface area contributed by atoms with Gasteiger partial charge in [0.05, 0.1) is 5.02 Å². The second-order valence-corrected chi connectivity index (χ2v) is 4.97. The van der Waals surface area contributed by atoms with Crippen LogP contribution in [0, 0.1) is 5.82 Å². The highest BCUT2D eigenvalue weighted by molar-refractivity contribution is 6.31. The van der Waals surface area contributed by atoms with E-state index < -0.39 is 0 Å². The van der Waals surface area contributed by atoms with Crippen molar-refractivity contribution in [2.45, 2.75) is 19.4 Å². The summed E-state index contributed by atoms with van der Waals surface area (Å²) in [5.41, 5.74) is 7.46. The van der Waals surface area contributed by atoms with Gasteiger partial charge in [-0.05, 0) is 49.2 Å². The molecule has 2 rings (SSSR count). The summed E-state index contributed by atoms with van der Waals surface area (Å²) in [5, 5.41) is 0.379. The summed E-state index contributed by atoms with van der Waals surface area (Å²) in [5.74, 6) is 0.433. The number of aryl methyl sites for hydroxylation is 1. The molecule has 2 nitrogen and oxygen atoms in total. The lowest BCUT2D eigenvalue weighted by atomic mass is 10.1. The first-order valence-electron chi connectivity index (χ1n) is 6.55. The molecule has 0 aliphatic carbocycles. The molecule has 0 aromatic heterocycles. The summed E-state index contributed by atoms with van der Waals surface area (Å²) in [4.78, 5) is 0. The highest BCUT2D eigenvalue weighted by atomic mass is 35.5. The van der Waals surface area contributed by atoms with Gasteiger partial charge in [0.15, 0.2) is 0 Å². The molecule has 0 aliphatic heterocycles. The maximum absolute atomic E-state index is 12.9. The first kappa shape index (κ1) is 14.8. The summed E-state index contributed by atoms with van der Waals surface area (Å²) in [6.07, 6.45) is 1.89.